The lowest BCUT2D eigenvalue weighted by molar-refractivity contribution is 0.471. The average molecular weight is 375 g/mol. The number of nitrogens with two attached hydrogens (primary N) is 1. The van der Waals surface area contributed by atoms with Crippen LogP contribution < -0.4 is 10.6 Å². The zero-order valence-electron chi connectivity index (χ0n) is 16.2. The van der Waals surface area contributed by atoms with Gasteiger partial charge in [-0.2, -0.15) is 5.10 Å². The molecule has 3 heterocycles. The van der Waals surface area contributed by atoms with E-state index in [0.717, 1.165) is 22.4 Å². The number of benzene rings is 1. The van der Waals surface area contributed by atoms with Crippen LogP contribution in [-0.2, 0) is 7.05 Å². The van der Waals surface area contributed by atoms with Gasteiger partial charge in [0.15, 0.2) is 0 Å². The molecule has 0 fully saturated rings. The summed E-state index contributed by atoms with van der Waals surface area (Å²) >= 11 is 0. The Kier molecular flexibility index (Phi) is 4.11. The zero-order valence-corrected chi connectivity index (χ0v) is 16.2. The maximum atomic E-state index is 10.3. The maximum Gasteiger partial charge on any atom is 0.134 e. The van der Waals surface area contributed by atoms with E-state index >= 15 is 0 Å². The van der Waals surface area contributed by atoms with Crippen molar-refractivity contribution in [2.75, 3.05) is 17.7 Å². The Labute approximate surface area is 162 Å². The summed E-state index contributed by atoms with van der Waals surface area (Å²) in [5, 5.41) is 15.2. The standard InChI is InChI=1S/C20H21N7O/c1-11-5-6-15(28)12(2)17(11)19-18-14(20(21)23-10-22-18)7-16(25-19)27(4)13-8-24-26(3)9-13/h5-10,28H,1-4H3,(H2,21,22,23). The molecule has 0 atom stereocenters. The van der Waals surface area contributed by atoms with Gasteiger partial charge in [-0.3, -0.25) is 4.68 Å². The summed E-state index contributed by atoms with van der Waals surface area (Å²) in [6, 6.07) is 5.42. The van der Waals surface area contributed by atoms with E-state index in [1.165, 1.54) is 6.33 Å². The molecule has 0 aliphatic rings. The summed E-state index contributed by atoms with van der Waals surface area (Å²) in [4.78, 5) is 15.4. The van der Waals surface area contributed by atoms with Crippen LogP contribution in [0.4, 0.5) is 17.3 Å². The second kappa shape index (κ2) is 6.49. The van der Waals surface area contributed by atoms with Crippen LogP contribution in [0.15, 0.2) is 36.9 Å². The minimum Gasteiger partial charge on any atom is -0.508 e. The Morgan fingerprint density at radius 2 is 1.96 bits per heavy atom. The molecule has 3 N–H and O–H groups in total. The number of aryl methyl sites for hydroxylation is 2. The highest BCUT2D eigenvalue weighted by atomic mass is 16.3. The molecule has 0 radical (unpaired) electrons. The van der Waals surface area contributed by atoms with Gasteiger partial charge in [-0.05, 0) is 31.5 Å². The number of anilines is 3. The molecule has 0 aliphatic heterocycles. The minimum absolute atomic E-state index is 0.212. The molecule has 8 heteroatoms. The van der Waals surface area contributed by atoms with Gasteiger partial charge < -0.3 is 15.7 Å². The van der Waals surface area contributed by atoms with Crippen LogP contribution in [-0.4, -0.2) is 36.9 Å². The van der Waals surface area contributed by atoms with Crippen LogP contribution in [0.25, 0.3) is 22.2 Å². The summed E-state index contributed by atoms with van der Waals surface area (Å²) in [6.45, 7) is 3.85. The number of phenols is 1. The third-order valence-electron chi connectivity index (χ3n) is 4.94. The predicted molar refractivity (Wildman–Crippen MR) is 110 cm³/mol. The predicted octanol–water partition coefficient (Wildman–Crippen LogP) is 3.10. The van der Waals surface area contributed by atoms with Crippen molar-refractivity contribution in [3.8, 4) is 17.0 Å². The zero-order chi connectivity index (χ0) is 20.0. The Balaban J connectivity index is 2.03. The molecule has 0 saturated heterocycles. The van der Waals surface area contributed by atoms with Crippen LogP contribution in [0.5, 0.6) is 5.75 Å². The van der Waals surface area contributed by atoms with E-state index in [2.05, 4.69) is 15.1 Å². The lowest BCUT2D eigenvalue weighted by Crippen LogP contribution is -2.12. The second-order valence-corrected chi connectivity index (χ2v) is 6.82. The van der Waals surface area contributed by atoms with E-state index in [4.69, 9.17) is 10.7 Å². The molecular formula is C20H21N7O. The van der Waals surface area contributed by atoms with Gasteiger partial charge in [0, 0.05) is 36.8 Å². The highest BCUT2D eigenvalue weighted by Gasteiger charge is 2.19. The normalized spacial score (nSPS) is 11.1. The summed E-state index contributed by atoms with van der Waals surface area (Å²) < 4.78 is 1.73. The van der Waals surface area contributed by atoms with E-state index in [1.54, 1.807) is 16.9 Å². The van der Waals surface area contributed by atoms with Gasteiger partial charge in [-0.1, -0.05) is 6.07 Å². The number of rotatable bonds is 3. The summed E-state index contributed by atoms with van der Waals surface area (Å²) in [5.41, 5.74) is 10.9. The molecule has 0 amide bonds. The van der Waals surface area contributed by atoms with E-state index in [1.807, 2.05) is 51.2 Å². The third-order valence-corrected chi connectivity index (χ3v) is 4.94. The van der Waals surface area contributed by atoms with Crippen LogP contribution in [0, 0.1) is 13.8 Å². The van der Waals surface area contributed by atoms with Gasteiger partial charge in [-0.15, -0.1) is 0 Å². The molecule has 28 heavy (non-hydrogen) atoms. The number of hydrogen-bond acceptors (Lipinski definition) is 7. The highest BCUT2D eigenvalue weighted by molar-refractivity contribution is 6.00. The first-order valence-electron chi connectivity index (χ1n) is 8.80. The van der Waals surface area contributed by atoms with Crippen LogP contribution in [0.1, 0.15) is 11.1 Å². The largest absolute Gasteiger partial charge is 0.508 e. The molecule has 0 aliphatic carbocycles. The number of nitrogens with zero attached hydrogens (tertiary/aromatic N) is 6. The maximum absolute atomic E-state index is 10.3. The van der Waals surface area contributed by atoms with Gasteiger partial charge in [0.25, 0.3) is 0 Å². The molecule has 0 bridgehead atoms. The van der Waals surface area contributed by atoms with E-state index in [-0.39, 0.29) is 5.75 Å². The number of fused-ring (bicyclic) bond motifs is 1. The molecule has 4 aromatic rings. The first-order chi connectivity index (χ1) is 13.4. The summed E-state index contributed by atoms with van der Waals surface area (Å²) in [6.07, 6.45) is 5.10. The molecular weight excluding hydrogens is 354 g/mol. The molecule has 0 spiro atoms. The number of pyridine rings is 1. The first kappa shape index (κ1) is 17.7. The second-order valence-electron chi connectivity index (χ2n) is 6.82. The summed E-state index contributed by atoms with van der Waals surface area (Å²) in [7, 11) is 3.78. The van der Waals surface area contributed by atoms with E-state index in [0.29, 0.717) is 28.2 Å². The molecule has 1 aromatic carbocycles. The van der Waals surface area contributed by atoms with Crippen molar-refractivity contribution >= 4 is 28.2 Å². The van der Waals surface area contributed by atoms with Crippen LogP contribution in [0.2, 0.25) is 0 Å². The molecule has 4 rings (SSSR count). The molecule has 142 valence electrons. The quantitative estimate of drug-likeness (QED) is 0.567. The van der Waals surface area contributed by atoms with Crippen molar-refractivity contribution in [3.05, 3.63) is 48.0 Å². The fourth-order valence-electron chi connectivity index (χ4n) is 3.33. The molecule has 0 unspecified atom stereocenters. The molecule has 0 saturated carbocycles. The Hall–Kier alpha value is -3.68. The van der Waals surface area contributed by atoms with Crippen molar-refractivity contribution in [1.82, 2.24) is 24.7 Å². The van der Waals surface area contributed by atoms with E-state index < -0.39 is 0 Å². The van der Waals surface area contributed by atoms with Gasteiger partial charge in [0.05, 0.1) is 17.6 Å². The smallest absolute Gasteiger partial charge is 0.134 e. The van der Waals surface area contributed by atoms with Crippen molar-refractivity contribution in [2.45, 2.75) is 13.8 Å². The Morgan fingerprint density at radius 3 is 2.68 bits per heavy atom. The number of nitrogen functional groups attached to an aromatic ring is 1. The Bertz CT molecular complexity index is 1200. The number of phenolic OH excluding ortho intramolecular Hbond substituents is 1. The fourth-order valence-corrected chi connectivity index (χ4v) is 3.33. The number of aromatic nitrogens is 5. The van der Waals surface area contributed by atoms with Gasteiger partial charge >= 0.3 is 0 Å². The molecule has 8 nitrogen and oxygen atoms in total. The third kappa shape index (κ3) is 2.79. The van der Waals surface area contributed by atoms with Crippen molar-refractivity contribution < 1.29 is 5.11 Å². The lowest BCUT2D eigenvalue weighted by atomic mass is 9.97. The van der Waals surface area contributed by atoms with Crippen LogP contribution >= 0.6 is 0 Å². The van der Waals surface area contributed by atoms with E-state index in [9.17, 15) is 5.11 Å². The number of hydrogen-bond donors (Lipinski definition) is 2. The minimum atomic E-state index is 0.212. The SMILES string of the molecule is Cc1ccc(O)c(C)c1-c1nc(N(C)c2cnn(C)c2)cc2c(N)ncnc12. The lowest BCUT2D eigenvalue weighted by Gasteiger charge is -2.20. The number of aromatic hydroxyl groups is 1. The first-order valence-corrected chi connectivity index (χ1v) is 8.80. The Morgan fingerprint density at radius 1 is 1.18 bits per heavy atom. The monoisotopic (exact) mass is 375 g/mol. The van der Waals surface area contributed by atoms with Crippen molar-refractivity contribution in [1.29, 1.82) is 0 Å². The topological polar surface area (TPSA) is 106 Å². The van der Waals surface area contributed by atoms with Crippen molar-refractivity contribution in [2.24, 2.45) is 7.05 Å². The van der Waals surface area contributed by atoms with Gasteiger partial charge in [0.2, 0.25) is 0 Å². The van der Waals surface area contributed by atoms with Crippen molar-refractivity contribution in [3.63, 3.8) is 0 Å². The summed E-state index contributed by atoms with van der Waals surface area (Å²) in [5.74, 6) is 1.27. The van der Waals surface area contributed by atoms with Crippen LogP contribution in [0.3, 0.4) is 0 Å². The highest BCUT2D eigenvalue weighted by Crippen LogP contribution is 2.38. The fraction of sp³-hybridized carbons (Fsp3) is 0.200. The average Bonchev–Trinajstić information content (AvgIpc) is 3.11. The van der Waals surface area contributed by atoms with Gasteiger partial charge in [-0.25, -0.2) is 15.0 Å². The molecule has 3 aromatic heterocycles. The van der Waals surface area contributed by atoms with Gasteiger partial charge in [0.1, 0.15) is 29.2 Å².